The molecule has 17 heavy (non-hydrogen) atoms. The third-order valence-corrected chi connectivity index (χ3v) is 4.44. The van der Waals surface area contributed by atoms with E-state index in [0.717, 1.165) is 24.5 Å². The van der Waals surface area contributed by atoms with Crippen LogP contribution in [0.5, 0.6) is 0 Å². The molecular formula is C11H19N3O2S. The molecule has 1 aliphatic rings. The van der Waals surface area contributed by atoms with Crippen molar-refractivity contribution in [2.75, 3.05) is 12.8 Å². The molecule has 96 valence electrons. The van der Waals surface area contributed by atoms with Gasteiger partial charge in [0, 0.05) is 25.7 Å². The Hall–Kier alpha value is -0.880. The van der Waals surface area contributed by atoms with E-state index >= 15 is 0 Å². The van der Waals surface area contributed by atoms with Crippen LogP contribution in [0, 0.1) is 0 Å². The first-order chi connectivity index (χ1) is 8.00. The molecule has 1 aromatic rings. The van der Waals surface area contributed by atoms with Crippen molar-refractivity contribution in [1.82, 2.24) is 13.9 Å². The zero-order valence-electron chi connectivity index (χ0n) is 10.4. The number of hydrogen-bond acceptors (Lipinski definition) is 3. The Balaban J connectivity index is 2.15. The minimum absolute atomic E-state index is 0.384. The summed E-state index contributed by atoms with van der Waals surface area (Å²) in [7, 11) is -3.13. The van der Waals surface area contributed by atoms with Crippen molar-refractivity contribution < 1.29 is 8.42 Å². The fourth-order valence-electron chi connectivity index (χ4n) is 2.19. The van der Waals surface area contributed by atoms with Gasteiger partial charge < -0.3 is 4.57 Å². The lowest BCUT2D eigenvalue weighted by Crippen LogP contribution is -2.29. The Labute approximate surface area is 103 Å². The molecule has 1 aliphatic heterocycles. The van der Waals surface area contributed by atoms with Crippen LogP contribution in [0.1, 0.15) is 31.3 Å². The van der Waals surface area contributed by atoms with Crippen LogP contribution in [-0.4, -0.2) is 35.1 Å². The smallest absolute Gasteiger partial charge is 0.211 e. The van der Waals surface area contributed by atoms with Gasteiger partial charge in [0.15, 0.2) is 0 Å². The van der Waals surface area contributed by atoms with Crippen LogP contribution in [0.15, 0.2) is 6.20 Å². The molecule has 0 N–H and O–H groups in total. The number of hydrogen-bond donors (Lipinski definition) is 0. The van der Waals surface area contributed by atoms with E-state index in [0.29, 0.717) is 13.1 Å². The van der Waals surface area contributed by atoms with Gasteiger partial charge in [-0.1, -0.05) is 6.92 Å². The summed E-state index contributed by atoms with van der Waals surface area (Å²) >= 11 is 0. The SMILES string of the molecule is CCN(Cc1cn2c(n1)CCCC2)S(C)(=O)=O. The predicted octanol–water partition coefficient (Wildman–Crippen LogP) is 1.00. The molecule has 5 nitrogen and oxygen atoms in total. The van der Waals surface area contributed by atoms with Gasteiger partial charge in [-0.3, -0.25) is 0 Å². The van der Waals surface area contributed by atoms with Crippen molar-refractivity contribution in [3.05, 3.63) is 17.7 Å². The molecule has 0 fully saturated rings. The summed E-state index contributed by atoms with van der Waals surface area (Å²) in [4.78, 5) is 4.51. The van der Waals surface area contributed by atoms with E-state index in [4.69, 9.17) is 0 Å². The summed E-state index contributed by atoms with van der Waals surface area (Å²) in [6.45, 7) is 3.72. The summed E-state index contributed by atoms with van der Waals surface area (Å²) in [6.07, 6.45) is 6.60. The summed E-state index contributed by atoms with van der Waals surface area (Å²) in [5.41, 5.74) is 0.856. The normalized spacial score (nSPS) is 16.2. The minimum atomic E-state index is -3.13. The van der Waals surface area contributed by atoms with Crippen molar-refractivity contribution >= 4 is 10.0 Å². The highest BCUT2D eigenvalue weighted by molar-refractivity contribution is 7.88. The summed E-state index contributed by atoms with van der Waals surface area (Å²) in [6, 6.07) is 0. The van der Waals surface area contributed by atoms with Gasteiger partial charge in [-0.05, 0) is 12.8 Å². The molecule has 0 saturated carbocycles. The second-order valence-corrected chi connectivity index (χ2v) is 6.47. The third kappa shape index (κ3) is 2.87. The standard InChI is InChI=1S/C11H19N3O2S/c1-3-14(17(2,15)16)9-10-8-13-7-5-4-6-11(13)12-10/h8H,3-7,9H2,1-2H3. The van der Waals surface area contributed by atoms with Gasteiger partial charge in [-0.15, -0.1) is 0 Å². The second kappa shape index (κ2) is 4.78. The topological polar surface area (TPSA) is 55.2 Å². The van der Waals surface area contributed by atoms with E-state index in [-0.39, 0.29) is 0 Å². The first-order valence-electron chi connectivity index (χ1n) is 6.00. The maximum atomic E-state index is 11.5. The van der Waals surface area contributed by atoms with Crippen LogP contribution in [0.3, 0.4) is 0 Å². The molecule has 6 heteroatoms. The van der Waals surface area contributed by atoms with Crippen molar-refractivity contribution in [2.45, 2.75) is 39.3 Å². The Kier molecular flexibility index (Phi) is 3.53. The van der Waals surface area contributed by atoms with Gasteiger partial charge in [0.05, 0.1) is 18.5 Å². The lowest BCUT2D eigenvalue weighted by Gasteiger charge is -2.15. The highest BCUT2D eigenvalue weighted by atomic mass is 32.2. The number of imidazole rings is 1. The maximum Gasteiger partial charge on any atom is 0.211 e. The molecule has 0 atom stereocenters. The van der Waals surface area contributed by atoms with Crippen molar-refractivity contribution in [2.24, 2.45) is 0 Å². The van der Waals surface area contributed by atoms with E-state index < -0.39 is 10.0 Å². The summed E-state index contributed by atoms with van der Waals surface area (Å²) in [5.74, 6) is 1.09. The van der Waals surface area contributed by atoms with Crippen molar-refractivity contribution in [1.29, 1.82) is 0 Å². The third-order valence-electron chi connectivity index (χ3n) is 3.12. The summed E-state index contributed by atoms with van der Waals surface area (Å²) < 4.78 is 26.6. The molecule has 0 unspecified atom stereocenters. The summed E-state index contributed by atoms with van der Waals surface area (Å²) in [5, 5.41) is 0. The number of aryl methyl sites for hydroxylation is 2. The lowest BCUT2D eigenvalue weighted by molar-refractivity contribution is 0.423. The second-order valence-electron chi connectivity index (χ2n) is 4.49. The van der Waals surface area contributed by atoms with Crippen LogP contribution < -0.4 is 0 Å². The van der Waals surface area contributed by atoms with Crippen LogP contribution in [0.2, 0.25) is 0 Å². The molecule has 2 heterocycles. The molecule has 0 saturated heterocycles. The number of nitrogens with zero attached hydrogens (tertiary/aromatic N) is 3. The Bertz CT molecular complexity index is 469. The van der Waals surface area contributed by atoms with Gasteiger partial charge in [0.2, 0.25) is 10.0 Å². The van der Waals surface area contributed by atoms with Gasteiger partial charge in [0.1, 0.15) is 5.82 Å². The Morgan fingerprint density at radius 1 is 1.47 bits per heavy atom. The van der Waals surface area contributed by atoms with Crippen molar-refractivity contribution in [3.8, 4) is 0 Å². The van der Waals surface area contributed by atoms with E-state index in [1.807, 2.05) is 13.1 Å². The Morgan fingerprint density at radius 3 is 2.82 bits per heavy atom. The number of sulfonamides is 1. The zero-order valence-corrected chi connectivity index (χ0v) is 11.2. The zero-order chi connectivity index (χ0) is 12.5. The van der Waals surface area contributed by atoms with Crippen LogP contribution in [0.4, 0.5) is 0 Å². The molecule has 0 spiro atoms. The molecule has 1 aromatic heterocycles. The maximum absolute atomic E-state index is 11.5. The number of rotatable bonds is 4. The van der Waals surface area contributed by atoms with Crippen LogP contribution >= 0.6 is 0 Å². The van der Waals surface area contributed by atoms with E-state index in [9.17, 15) is 8.42 Å². The largest absolute Gasteiger partial charge is 0.335 e. The monoisotopic (exact) mass is 257 g/mol. The van der Waals surface area contributed by atoms with E-state index in [1.54, 1.807) is 0 Å². The molecule has 0 aliphatic carbocycles. The minimum Gasteiger partial charge on any atom is -0.335 e. The fraction of sp³-hybridized carbons (Fsp3) is 0.727. The average Bonchev–Trinajstić information content (AvgIpc) is 2.66. The molecule has 2 rings (SSSR count). The van der Waals surface area contributed by atoms with Gasteiger partial charge >= 0.3 is 0 Å². The van der Waals surface area contributed by atoms with E-state index in [1.165, 1.54) is 23.4 Å². The number of fused-ring (bicyclic) bond motifs is 1. The quantitative estimate of drug-likeness (QED) is 0.808. The molecule has 0 bridgehead atoms. The van der Waals surface area contributed by atoms with Crippen molar-refractivity contribution in [3.63, 3.8) is 0 Å². The molecule has 0 amide bonds. The fourth-order valence-corrected chi connectivity index (χ4v) is 3.03. The highest BCUT2D eigenvalue weighted by Gasteiger charge is 2.18. The van der Waals surface area contributed by atoms with Gasteiger partial charge in [-0.25, -0.2) is 13.4 Å². The van der Waals surface area contributed by atoms with E-state index in [2.05, 4.69) is 9.55 Å². The van der Waals surface area contributed by atoms with Gasteiger partial charge in [-0.2, -0.15) is 4.31 Å². The van der Waals surface area contributed by atoms with Crippen LogP contribution in [0.25, 0.3) is 0 Å². The molecular weight excluding hydrogens is 238 g/mol. The number of aromatic nitrogens is 2. The van der Waals surface area contributed by atoms with Crippen LogP contribution in [-0.2, 0) is 29.5 Å². The molecule has 0 aromatic carbocycles. The Morgan fingerprint density at radius 2 is 2.24 bits per heavy atom. The predicted molar refractivity (Wildman–Crippen MR) is 66.1 cm³/mol. The first-order valence-corrected chi connectivity index (χ1v) is 7.85. The lowest BCUT2D eigenvalue weighted by atomic mass is 10.2. The molecule has 0 radical (unpaired) electrons. The first kappa shape index (κ1) is 12.6. The highest BCUT2D eigenvalue weighted by Crippen LogP contribution is 2.16. The van der Waals surface area contributed by atoms with Gasteiger partial charge in [0.25, 0.3) is 0 Å². The average molecular weight is 257 g/mol.